The monoisotopic (exact) mass is 377 g/mol. The Kier molecular flexibility index (Phi) is 5.70. The molecule has 0 unspecified atom stereocenters. The number of carbonyl (C=O) groups excluding carboxylic acids is 1. The van der Waals surface area contributed by atoms with Gasteiger partial charge in [-0.25, -0.2) is 10.2 Å². The van der Waals surface area contributed by atoms with Gasteiger partial charge in [-0.05, 0) is 51.3 Å². The molecule has 26 heavy (non-hydrogen) atoms. The fourth-order valence-electron chi connectivity index (χ4n) is 3.06. The Labute approximate surface area is 160 Å². The number of aryl methyl sites for hydroxylation is 1. The van der Waals surface area contributed by atoms with Crippen LogP contribution in [0.3, 0.4) is 0 Å². The molecule has 0 saturated carbocycles. The number of hydrogen-bond donors (Lipinski definition) is 3. The van der Waals surface area contributed by atoms with Crippen molar-refractivity contribution in [1.29, 1.82) is 0 Å². The number of fused-ring (bicyclic) bond motifs is 1. The van der Waals surface area contributed by atoms with Gasteiger partial charge in [-0.15, -0.1) is 0 Å². The second kappa shape index (κ2) is 7.31. The highest BCUT2D eigenvalue weighted by Gasteiger charge is 2.29. The third-order valence-corrected chi connectivity index (χ3v) is 4.22. The molecular weight excluding hydrogens is 350 g/mol. The number of carboxylic acid groups (broad SMARTS) is 1. The van der Waals surface area contributed by atoms with Gasteiger partial charge in [0.2, 0.25) is 5.91 Å². The number of carbonyl (C=O) groups is 2. The maximum absolute atomic E-state index is 11.9. The second-order valence-corrected chi connectivity index (χ2v) is 9.42. The first-order valence-electron chi connectivity index (χ1n) is 8.63. The van der Waals surface area contributed by atoms with E-state index in [9.17, 15) is 14.7 Å². The molecule has 0 atom stereocenters. The van der Waals surface area contributed by atoms with Crippen LogP contribution in [-0.4, -0.2) is 33.1 Å². The van der Waals surface area contributed by atoms with E-state index < -0.39 is 11.6 Å². The van der Waals surface area contributed by atoms with E-state index in [1.54, 1.807) is 6.07 Å². The lowest BCUT2D eigenvalue weighted by atomic mass is 10.0. The standard InChI is InChI=1S/C19H27N3O3S/c1-18(2,3)22(17(24)25)13-7-8-14-12(10-13)6-9-15(14)20-21-16(23)11-19(4,5)26/h7-8,10,26H,6,9,11H2,1-5H3,(H,21,23)(H,24,25)/b20-15+. The zero-order valence-corrected chi connectivity index (χ0v) is 16.9. The summed E-state index contributed by atoms with van der Waals surface area (Å²) in [5.74, 6) is -0.174. The van der Waals surface area contributed by atoms with Gasteiger partial charge >= 0.3 is 6.09 Å². The van der Waals surface area contributed by atoms with E-state index >= 15 is 0 Å². The molecule has 6 nitrogen and oxygen atoms in total. The Morgan fingerprint density at radius 3 is 2.42 bits per heavy atom. The quantitative estimate of drug-likeness (QED) is 0.551. The van der Waals surface area contributed by atoms with E-state index in [4.69, 9.17) is 0 Å². The number of amides is 2. The number of hydrazone groups is 1. The fraction of sp³-hybridized carbons (Fsp3) is 0.526. The van der Waals surface area contributed by atoms with Crippen LogP contribution in [0.25, 0.3) is 0 Å². The number of thiol groups is 1. The molecule has 0 saturated heterocycles. The van der Waals surface area contributed by atoms with Crippen molar-refractivity contribution in [2.75, 3.05) is 4.90 Å². The number of hydrogen-bond acceptors (Lipinski definition) is 4. The smallest absolute Gasteiger partial charge is 0.412 e. The van der Waals surface area contributed by atoms with E-state index in [2.05, 4.69) is 23.2 Å². The minimum Gasteiger partial charge on any atom is -0.465 e. The minimum atomic E-state index is -0.981. The van der Waals surface area contributed by atoms with E-state index in [0.717, 1.165) is 23.3 Å². The molecule has 142 valence electrons. The molecule has 0 aromatic heterocycles. The molecule has 1 aliphatic rings. The average molecular weight is 378 g/mol. The Bertz CT molecular complexity index is 745. The lowest BCUT2D eigenvalue weighted by molar-refractivity contribution is -0.121. The molecule has 1 aromatic carbocycles. The van der Waals surface area contributed by atoms with Gasteiger partial charge in [0, 0.05) is 28.0 Å². The number of nitrogens with zero attached hydrogens (tertiary/aromatic N) is 2. The van der Waals surface area contributed by atoms with Crippen LogP contribution >= 0.6 is 12.6 Å². The number of benzene rings is 1. The first kappa shape index (κ1) is 20.3. The Hall–Kier alpha value is -2.02. The predicted molar refractivity (Wildman–Crippen MR) is 107 cm³/mol. The lowest BCUT2D eigenvalue weighted by Gasteiger charge is -2.33. The van der Waals surface area contributed by atoms with Crippen molar-refractivity contribution < 1.29 is 14.7 Å². The molecule has 0 bridgehead atoms. The zero-order valence-electron chi connectivity index (χ0n) is 16.0. The molecule has 0 aliphatic heterocycles. The largest absolute Gasteiger partial charge is 0.465 e. The highest BCUT2D eigenvalue weighted by Crippen LogP contribution is 2.30. The molecule has 0 fully saturated rings. The van der Waals surface area contributed by atoms with Crippen molar-refractivity contribution >= 4 is 36.0 Å². The topological polar surface area (TPSA) is 82.0 Å². The summed E-state index contributed by atoms with van der Waals surface area (Å²) in [7, 11) is 0. The van der Waals surface area contributed by atoms with Gasteiger partial charge in [0.25, 0.3) is 0 Å². The number of nitrogens with one attached hydrogen (secondary N) is 1. The van der Waals surface area contributed by atoms with Crippen LogP contribution in [0.2, 0.25) is 0 Å². The lowest BCUT2D eigenvalue weighted by Crippen LogP contribution is -2.45. The van der Waals surface area contributed by atoms with Crippen LogP contribution in [0.5, 0.6) is 0 Å². The first-order valence-corrected chi connectivity index (χ1v) is 9.07. The summed E-state index contributed by atoms with van der Waals surface area (Å²) in [5, 5.41) is 13.8. The van der Waals surface area contributed by atoms with Gasteiger partial charge in [0.15, 0.2) is 0 Å². The molecule has 0 spiro atoms. The molecule has 2 rings (SSSR count). The summed E-state index contributed by atoms with van der Waals surface area (Å²) >= 11 is 4.35. The summed E-state index contributed by atoms with van der Waals surface area (Å²) in [4.78, 5) is 24.9. The maximum atomic E-state index is 11.9. The summed E-state index contributed by atoms with van der Waals surface area (Å²) in [6.45, 7) is 9.33. The third kappa shape index (κ3) is 5.00. The molecule has 2 N–H and O–H groups in total. The third-order valence-electron chi connectivity index (χ3n) is 4.06. The van der Waals surface area contributed by atoms with Crippen molar-refractivity contribution in [2.45, 2.75) is 64.2 Å². The van der Waals surface area contributed by atoms with Crippen LogP contribution in [-0.2, 0) is 11.2 Å². The molecule has 1 aliphatic carbocycles. The van der Waals surface area contributed by atoms with Gasteiger partial charge in [0.05, 0.1) is 5.71 Å². The van der Waals surface area contributed by atoms with E-state index in [0.29, 0.717) is 12.1 Å². The van der Waals surface area contributed by atoms with Crippen molar-refractivity contribution in [1.82, 2.24) is 5.43 Å². The SMILES string of the molecule is CC(C)(S)CC(=O)N/N=C1\CCc2cc(N(C(=O)O)C(C)(C)C)ccc21. The van der Waals surface area contributed by atoms with Crippen molar-refractivity contribution in [3.05, 3.63) is 29.3 Å². The second-order valence-electron chi connectivity index (χ2n) is 8.21. The van der Waals surface area contributed by atoms with Crippen LogP contribution < -0.4 is 10.3 Å². The van der Waals surface area contributed by atoms with Crippen molar-refractivity contribution in [3.63, 3.8) is 0 Å². The van der Waals surface area contributed by atoms with E-state index in [1.807, 2.05) is 46.8 Å². The summed E-state index contributed by atoms with van der Waals surface area (Å²) in [6.07, 6.45) is 0.781. The highest BCUT2D eigenvalue weighted by atomic mass is 32.1. The molecule has 7 heteroatoms. The summed E-state index contributed by atoms with van der Waals surface area (Å²) in [6, 6.07) is 5.57. The van der Waals surface area contributed by atoms with Crippen LogP contribution in [0.4, 0.5) is 10.5 Å². The average Bonchev–Trinajstić information content (AvgIpc) is 2.83. The van der Waals surface area contributed by atoms with Crippen LogP contribution in [0.15, 0.2) is 23.3 Å². The van der Waals surface area contributed by atoms with Gasteiger partial charge in [-0.2, -0.15) is 17.7 Å². The summed E-state index contributed by atoms with van der Waals surface area (Å²) in [5.41, 5.74) is 5.52. The fourth-order valence-corrected chi connectivity index (χ4v) is 3.20. The number of anilines is 1. The first-order chi connectivity index (χ1) is 11.9. The Morgan fingerprint density at radius 1 is 1.23 bits per heavy atom. The predicted octanol–water partition coefficient (Wildman–Crippen LogP) is 3.83. The van der Waals surface area contributed by atoms with Crippen LogP contribution in [0.1, 0.15) is 58.6 Å². The summed E-state index contributed by atoms with van der Waals surface area (Å²) < 4.78 is -0.389. The van der Waals surface area contributed by atoms with E-state index in [1.165, 1.54) is 4.90 Å². The molecule has 0 radical (unpaired) electrons. The van der Waals surface area contributed by atoms with Gasteiger partial charge in [-0.3, -0.25) is 9.69 Å². The molecule has 2 amide bonds. The zero-order chi connectivity index (χ0) is 19.7. The van der Waals surface area contributed by atoms with E-state index in [-0.39, 0.29) is 17.1 Å². The normalized spacial score (nSPS) is 15.7. The van der Waals surface area contributed by atoms with Gasteiger partial charge in [-0.1, -0.05) is 19.9 Å². The van der Waals surface area contributed by atoms with Gasteiger partial charge < -0.3 is 5.11 Å². The number of rotatable bonds is 4. The Morgan fingerprint density at radius 2 is 1.88 bits per heavy atom. The Balaban J connectivity index is 2.21. The molecule has 0 heterocycles. The van der Waals surface area contributed by atoms with Crippen molar-refractivity contribution in [3.8, 4) is 0 Å². The minimum absolute atomic E-state index is 0.174. The van der Waals surface area contributed by atoms with Crippen molar-refractivity contribution in [2.24, 2.45) is 5.10 Å². The van der Waals surface area contributed by atoms with Crippen LogP contribution in [0, 0.1) is 0 Å². The highest BCUT2D eigenvalue weighted by molar-refractivity contribution is 7.81. The van der Waals surface area contributed by atoms with Gasteiger partial charge in [0.1, 0.15) is 0 Å². The molecule has 1 aromatic rings. The molecular formula is C19H27N3O3S. The maximum Gasteiger partial charge on any atom is 0.412 e.